The molecule has 1 fully saturated rings. The first-order valence-electron chi connectivity index (χ1n) is 8.18. The minimum atomic E-state index is -0.821. The van der Waals surface area contributed by atoms with Gasteiger partial charge in [-0.2, -0.15) is 0 Å². The molecule has 1 aromatic carbocycles. The number of nitrogens with zero attached hydrogens (tertiary/aromatic N) is 3. The highest BCUT2D eigenvalue weighted by molar-refractivity contribution is 7.99. The first-order valence-corrected chi connectivity index (χ1v) is 9.16. The number of hydrogen-bond acceptors (Lipinski definition) is 4. The summed E-state index contributed by atoms with van der Waals surface area (Å²) in [7, 11) is 0. The Morgan fingerprint density at radius 3 is 2.68 bits per heavy atom. The SMILES string of the molecule is Cc1cccc(-n2ccnc2SCCN2C(=O)NC(C)(C)C2=O)c1C. The number of amides is 3. The Kier molecular flexibility index (Phi) is 4.60. The summed E-state index contributed by atoms with van der Waals surface area (Å²) in [6.07, 6.45) is 3.70. The van der Waals surface area contributed by atoms with E-state index in [4.69, 9.17) is 0 Å². The maximum atomic E-state index is 12.2. The molecule has 0 radical (unpaired) electrons. The van der Waals surface area contributed by atoms with Crippen LogP contribution in [0.4, 0.5) is 4.79 Å². The zero-order chi connectivity index (χ0) is 18.2. The van der Waals surface area contributed by atoms with Crippen LogP contribution in [0.3, 0.4) is 0 Å². The van der Waals surface area contributed by atoms with Gasteiger partial charge in [-0.3, -0.25) is 14.3 Å². The molecule has 1 aliphatic rings. The smallest absolute Gasteiger partial charge is 0.324 e. The average molecular weight is 358 g/mol. The second-order valence-corrected chi connectivity index (χ2v) is 7.72. The molecule has 0 atom stereocenters. The van der Waals surface area contributed by atoms with Crippen molar-refractivity contribution in [3.8, 4) is 5.69 Å². The van der Waals surface area contributed by atoms with Crippen LogP contribution >= 0.6 is 11.8 Å². The Labute approximate surface area is 151 Å². The molecule has 0 unspecified atom stereocenters. The van der Waals surface area contributed by atoms with Crippen molar-refractivity contribution in [1.82, 2.24) is 19.8 Å². The molecular formula is C18H22N4O2S. The Hall–Kier alpha value is -2.28. The molecule has 1 aromatic heterocycles. The summed E-state index contributed by atoms with van der Waals surface area (Å²) in [6, 6.07) is 5.85. The molecule has 0 saturated carbocycles. The monoisotopic (exact) mass is 358 g/mol. The maximum Gasteiger partial charge on any atom is 0.325 e. The highest BCUT2D eigenvalue weighted by atomic mass is 32.2. The van der Waals surface area contributed by atoms with Crippen molar-refractivity contribution >= 4 is 23.7 Å². The first-order chi connectivity index (χ1) is 11.8. The quantitative estimate of drug-likeness (QED) is 0.659. The van der Waals surface area contributed by atoms with Crippen LogP contribution in [-0.4, -0.2) is 44.2 Å². The summed E-state index contributed by atoms with van der Waals surface area (Å²) in [5, 5.41) is 3.54. The minimum absolute atomic E-state index is 0.184. The average Bonchev–Trinajstić information content (AvgIpc) is 3.08. The lowest BCUT2D eigenvalue weighted by molar-refractivity contribution is -0.130. The fourth-order valence-electron chi connectivity index (χ4n) is 2.83. The molecular weight excluding hydrogens is 336 g/mol. The molecule has 3 amide bonds. The van der Waals surface area contributed by atoms with Gasteiger partial charge in [-0.25, -0.2) is 9.78 Å². The molecule has 1 aliphatic heterocycles. The van der Waals surface area contributed by atoms with E-state index >= 15 is 0 Å². The van der Waals surface area contributed by atoms with Crippen LogP contribution < -0.4 is 5.32 Å². The Bertz CT molecular complexity index is 828. The molecule has 1 saturated heterocycles. The van der Waals surface area contributed by atoms with E-state index in [1.807, 2.05) is 16.8 Å². The Morgan fingerprint density at radius 1 is 1.24 bits per heavy atom. The Morgan fingerprint density at radius 2 is 2.00 bits per heavy atom. The largest absolute Gasteiger partial charge is 0.325 e. The number of carbonyl (C=O) groups is 2. The number of aryl methyl sites for hydroxylation is 1. The van der Waals surface area contributed by atoms with E-state index in [-0.39, 0.29) is 11.9 Å². The summed E-state index contributed by atoms with van der Waals surface area (Å²) in [5.74, 6) is 0.410. The van der Waals surface area contributed by atoms with Crippen LogP contribution in [0.2, 0.25) is 0 Å². The fraction of sp³-hybridized carbons (Fsp3) is 0.389. The highest BCUT2D eigenvalue weighted by Gasteiger charge is 2.43. The summed E-state index contributed by atoms with van der Waals surface area (Å²) in [6.45, 7) is 7.97. The number of thioether (sulfide) groups is 1. The van der Waals surface area contributed by atoms with Crippen LogP contribution in [0.5, 0.6) is 0 Å². The standard InChI is InChI=1S/C18H22N4O2S/c1-12-6-5-7-14(13(12)2)21-9-8-19-17(21)25-11-10-22-15(23)18(3,4)20-16(22)24/h5-9H,10-11H2,1-4H3,(H,20,24). The van der Waals surface area contributed by atoms with Crippen LogP contribution in [0.15, 0.2) is 35.7 Å². The second-order valence-electron chi connectivity index (χ2n) is 6.66. The lowest BCUT2D eigenvalue weighted by Crippen LogP contribution is -2.40. The molecule has 0 spiro atoms. The summed E-state index contributed by atoms with van der Waals surface area (Å²) >= 11 is 1.53. The summed E-state index contributed by atoms with van der Waals surface area (Å²) < 4.78 is 2.04. The van der Waals surface area contributed by atoms with Gasteiger partial charge in [0.15, 0.2) is 5.16 Å². The molecule has 6 nitrogen and oxygen atoms in total. The molecule has 1 N–H and O–H groups in total. The number of nitrogens with one attached hydrogen (secondary N) is 1. The van der Waals surface area contributed by atoms with Crippen LogP contribution in [0.25, 0.3) is 5.69 Å². The number of rotatable bonds is 5. The van der Waals surface area contributed by atoms with Crippen LogP contribution in [0, 0.1) is 13.8 Å². The van der Waals surface area contributed by atoms with E-state index in [1.54, 1.807) is 20.0 Å². The van der Waals surface area contributed by atoms with Gasteiger partial charge in [0.25, 0.3) is 5.91 Å². The summed E-state index contributed by atoms with van der Waals surface area (Å²) in [5.41, 5.74) is 2.71. The lowest BCUT2D eigenvalue weighted by Gasteiger charge is -2.16. The first kappa shape index (κ1) is 17.5. The molecule has 7 heteroatoms. The number of carbonyl (C=O) groups excluding carboxylic acids is 2. The molecule has 2 aromatic rings. The zero-order valence-corrected chi connectivity index (χ0v) is 15.7. The molecule has 132 valence electrons. The summed E-state index contributed by atoms with van der Waals surface area (Å²) in [4.78, 5) is 29.8. The van der Waals surface area contributed by atoms with E-state index in [2.05, 4.69) is 36.3 Å². The van der Waals surface area contributed by atoms with Gasteiger partial charge in [-0.15, -0.1) is 0 Å². The fourth-order valence-corrected chi connectivity index (χ4v) is 3.72. The number of imide groups is 1. The molecule has 25 heavy (non-hydrogen) atoms. The molecule has 0 bridgehead atoms. The van der Waals surface area contributed by atoms with Crippen molar-refractivity contribution < 1.29 is 9.59 Å². The van der Waals surface area contributed by atoms with Crippen molar-refractivity contribution in [2.24, 2.45) is 0 Å². The number of urea groups is 1. The Balaban J connectivity index is 1.70. The number of imidazole rings is 1. The van der Waals surface area contributed by atoms with Gasteiger partial charge in [0.05, 0.1) is 5.69 Å². The van der Waals surface area contributed by atoms with Gasteiger partial charge in [0, 0.05) is 24.7 Å². The molecule has 0 aliphatic carbocycles. The highest BCUT2D eigenvalue weighted by Crippen LogP contribution is 2.25. The van der Waals surface area contributed by atoms with Crippen molar-refractivity contribution in [2.45, 2.75) is 38.4 Å². The van der Waals surface area contributed by atoms with Gasteiger partial charge < -0.3 is 5.32 Å². The van der Waals surface area contributed by atoms with Gasteiger partial charge in [-0.05, 0) is 44.9 Å². The third-order valence-electron chi connectivity index (χ3n) is 4.43. The number of benzene rings is 1. The van der Waals surface area contributed by atoms with Gasteiger partial charge >= 0.3 is 6.03 Å². The molecule has 2 heterocycles. The van der Waals surface area contributed by atoms with E-state index < -0.39 is 5.54 Å². The van der Waals surface area contributed by atoms with E-state index in [9.17, 15) is 9.59 Å². The van der Waals surface area contributed by atoms with E-state index in [1.165, 1.54) is 27.8 Å². The predicted octanol–water partition coefficient (Wildman–Crippen LogP) is 2.91. The minimum Gasteiger partial charge on any atom is -0.324 e. The van der Waals surface area contributed by atoms with Crippen molar-refractivity contribution in [2.75, 3.05) is 12.3 Å². The second kappa shape index (κ2) is 6.55. The van der Waals surface area contributed by atoms with Crippen LogP contribution in [-0.2, 0) is 4.79 Å². The lowest BCUT2D eigenvalue weighted by atomic mass is 10.1. The number of hydrogen-bond donors (Lipinski definition) is 1. The third kappa shape index (κ3) is 3.28. The maximum absolute atomic E-state index is 12.2. The van der Waals surface area contributed by atoms with Crippen molar-refractivity contribution in [1.29, 1.82) is 0 Å². The van der Waals surface area contributed by atoms with Crippen molar-refractivity contribution in [3.63, 3.8) is 0 Å². The van der Waals surface area contributed by atoms with E-state index in [0.717, 1.165) is 10.8 Å². The zero-order valence-electron chi connectivity index (χ0n) is 14.9. The number of aromatic nitrogens is 2. The van der Waals surface area contributed by atoms with Gasteiger partial charge in [0.1, 0.15) is 5.54 Å². The van der Waals surface area contributed by atoms with Crippen LogP contribution in [0.1, 0.15) is 25.0 Å². The van der Waals surface area contributed by atoms with E-state index in [0.29, 0.717) is 12.3 Å². The van der Waals surface area contributed by atoms with Crippen molar-refractivity contribution in [3.05, 3.63) is 41.7 Å². The van der Waals surface area contributed by atoms with Gasteiger partial charge in [-0.1, -0.05) is 23.9 Å². The molecule has 3 rings (SSSR count). The topological polar surface area (TPSA) is 67.2 Å². The predicted molar refractivity (Wildman–Crippen MR) is 98.1 cm³/mol. The normalized spacial score (nSPS) is 16.4. The van der Waals surface area contributed by atoms with Gasteiger partial charge in [0.2, 0.25) is 0 Å². The third-order valence-corrected chi connectivity index (χ3v) is 5.38.